The van der Waals surface area contributed by atoms with Gasteiger partial charge in [-0.2, -0.15) is 5.10 Å². The summed E-state index contributed by atoms with van der Waals surface area (Å²) >= 11 is 0. The van der Waals surface area contributed by atoms with Crippen LogP contribution in [0.25, 0.3) is 0 Å². The summed E-state index contributed by atoms with van der Waals surface area (Å²) in [6.07, 6.45) is 0.344. The summed E-state index contributed by atoms with van der Waals surface area (Å²) in [5.74, 6) is 0.372. The van der Waals surface area contributed by atoms with Crippen LogP contribution in [0.1, 0.15) is 46.7 Å². The molecule has 0 aromatic carbocycles. The summed E-state index contributed by atoms with van der Waals surface area (Å²) in [5, 5.41) is 19.3. The minimum Gasteiger partial charge on any atom is -0.392 e. The van der Waals surface area contributed by atoms with Crippen LogP contribution in [-0.2, 0) is 11.2 Å². The third-order valence-corrected chi connectivity index (χ3v) is 2.78. The maximum atomic E-state index is 11.7. The lowest BCUT2D eigenvalue weighted by atomic mass is 9.91. The number of amides is 1. The number of H-pyrrole nitrogens is 1. The summed E-state index contributed by atoms with van der Waals surface area (Å²) < 4.78 is 0. The zero-order chi connectivity index (χ0) is 14.6. The first-order valence-corrected chi connectivity index (χ1v) is 6.69. The first-order valence-electron chi connectivity index (χ1n) is 6.69. The molecule has 0 fully saturated rings. The third-order valence-electron chi connectivity index (χ3n) is 2.78. The van der Waals surface area contributed by atoms with Crippen LogP contribution in [0.15, 0.2) is 6.07 Å². The fraction of sp³-hybridized carbons (Fsp3) is 0.714. The topological polar surface area (TPSA) is 78.0 Å². The van der Waals surface area contributed by atoms with E-state index in [9.17, 15) is 9.90 Å². The molecule has 1 amide bonds. The number of aromatic amines is 1. The van der Waals surface area contributed by atoms with E-state index >= 15 is 0 Å². The Morgan fingerprint density at radius 1 is 1.47 bits per heavy atom. The van der Waals surface area contributed by atoms with Crippen LogP contribution in [0.3, 0.4) is 0 Å². The summed E-state index contributed by atoms with van der Waals surface area (Å²) in [4.78, 5) is 11.7. The number of carbonyl (C=O) groups excluding carboxylic acids is 1. The second-order valence-electron chi connectivity index (χ2n) is 6.58. The van der Waals surface area contributed by atoms with Crippen LogP contribution in [0.4, 0.5) is 5.82 Å². The van der Waals surface area contributed by atoms with E-state index in [4.69, 9.17) is 0 Å². The van der Waals surface area contributed by atoms with Crippen molar-refractivity contribution in [3.8, 4) is 0 Å². The predicted molar refractivity (Wildman–Crippen MR) is 75.8 cm³/mol. The molecule has 5 heteroatoms. The second-order valence-corrected chi connectivity index (χ2v) is 6.58. The van der Waals surface area contributed by atoms with Gasteiger partial charge in [0.05, 0.1) is 12.5 Å². The van der Waals surface area contributed by atoms with Crippen molar-refractivity contribution in [1.29, 1.82) is 0 Å². The SMILES string of the molecule is CC(C)C(O)CC(=O)Nc1cc(CC(C)(C)C)[nH]n1. The Morgan fingerprint density at radius 2 is 2.11 bits per heavy atom. The van der Waals surface area contributed by atoms with Crippen molar-refractivity contribution in [3.05, 3.63) is 11.8 Å². The van der Waals surface area contributed by atoms with Crippen LogP contribution < -0.4 is 5.32 Å². The molecule has 1 rings (SSSR count). The number of aromatic nitrogens is 2. The molecule has 0 aliphatic carbocycles. The highest BCUT2D eigenvalue weighted by Crippen LogP contribution is 2.20. The molecular weight excluding hydrogens is 242 g/mol. The van der Waals surface area contributed by atoms with Gasteiger partial charge in [0, 0.05) is 11.8 Å². The lowest BCUT2D eigenvalue weighted by molar-refractivity contribution is -0.118. The summed E-state index contributed by atoms with van der Waals surface area (Å²) in [5.41, 5.74) is 1.16. The van der Waals surface area contributed by atoms with Gasteiger partial charge in [-0.3, -0.25) is 9.89 Å². The van der Waals surface area contributed by atoms with Gasteiger partial charge >= 0.3 is 0 Å². The molecule has 1 atom stereocenters. The fourth-order valence-corrected chi connectivity index (χ4v) is 1.71. The number of nitrogens with zero attached hydrogens (tertiary/aromatic N) is 1. The van der Waals surface area contributed by atoms with Gasteiger partial charge in [-0.1, -0.05) is 34.6 Å². The molecule has 0 saturated heterocycles. The van der Waals surface area contributed by atoms with Gasteiger partial charge in [0.15, 0.2) is 5.82 Å². The van der Waals surface area contributed by atoms with Crippen molar-refractivity contribution in [1.82, 2.24) is 10.2 Å². The van der Waals surface area contributed by atoms with E-state index in [2.05, 4.69) is 36.3 Å². The molecule has 0 bridgehead atoms. The highest BCUT2D eigenvalue weighted by molar-refractivity contribution is 5.90. The van der Waals surface area contributed by atoms with Crippen molar-refractivity contribution < 1.29 is 9.90 Å². The molecule has 1 aromatic heterocycles. The molecule has 0 spiro atoms. The average molecular weight is 267 g/mol. The van der Waals surface area contributed by atoms with E-state index in [1.807, 2.05) is 19.9 Å². The number of anilines is 1. The van der Waals surface area contributed by atoms with Crippen molar-refractivity contribution >= 4 is 11.7 Å². The monoisotopic (exact) mass is 267 g/mol. The molecule has 5 nitrogen and oxygen atoms in total. The first-order chi connectivity index (χ1) is 8.67. The van der Waals surface area contributed by atoms with E-state index in [-0.39, 0.29) is 23.7 Å². The number of nitrogens with one attached hydrogen (secondary N) is 2. The van der Waals surface area contributed by atoms with Gasteiger partial charge < -0.3 is 10.4 Å². The van der Waals surface area contributed by atoms with Crippen molar-refractivity contribution in [2.75, 3.05) is 5.32 Å². The number of carbonyl (C=O) groups is 1. The first kappa shape index (κ1) is 15.7. The molecule has 19 heavy (non-hydrogen) atoms. The lowest BCUT2D eigenvalue weighted by Gasteiger charge is -2.15. The number of rotatable bonds is 5. The summed E-state index contributed by atoms with van der Waals surface area (Å²) in [6, 6.07) is 1.84. The summed E-state index contributed by atoms with van der Waals surface area (Å²) in [6.45, 7) is 10.2. The van der Waals surface area contributed by atoms with Gasteiger partial charge in [-0.05, 0) is 17.8 Å². The van der Waals surface area contributed by atoms with E-state index < -0.39 is 6.10 Å². The third kappa shape index (κ3) is 5.87. The largest absolute Gasteiger partial charge is 0.392 e. The Hall–Kier alpha value is -1.36. The Bertz CT molecular complexity index is 419. The maximum absolute atomic E-state index is 11.7. The van der Waals surface area contributed by atoms with E-state index in [1.54, 1.807) is 0 Å². The van der Waals surface area contributed by atoms with Crippen molar-refractivity contribution in [3.63, 3.8) is 0 Å². The number of hydrogen-bond donors (Lipinski definition) is 3. The van der Waals surface area contributed by atoms with Crippen LogP contribution >= 0.6 is 0 Å². The quantitative estimate of drug-likeness (QED) is 0.766. The van der Waals surface area contributed by atoms with Crippen molar-refractivity contribution in [2.45, 2.75) is 53.6 Å². The predicted octanol–water partition coefficient (Wildman–Crippen LogP) is 2.34. The minimum atomic E-state index is -0.618. The Balaban J connectivity index is 2.52. The number of hydrogen-bond acceptors (Lipinski definition) is 3. The van der Waals surface area contributed by atoms with E-state index in [1.165, 1.54) is 0 Å². The van der Waals surface area contributed by atoms with Gasteiger partial charge in [0.2, 0.25) is 5.91 Å². The number of aliphatic hydroxyl groups is 1. The standard InChI is InChI=1S/C14H25N3O2/c1-9(2)11(18)7-13(19)15-12-6-10(16-17-12)8-14(3,4)5/h6,9,11,18H,7-8H2,1-5H3,(H2,15,16,17,19). The van der Waals surface area contributed by atoms with Crippen molar-refractivity contribution in [2.24, 2.45) is 11.3 Å². The van der Waals surface area contributed by atoms with Gasteiger partial charge in [0.1, 0.15) is 0 Å². The van der Waals surface area contributed by atoms with Gasteiger partial charge in [-0.15, -0.1) is 0 Å². The minimum absolute atomic E-state index is 0.0707. The normalized spacial score (nSPS) is 13.6. The Kier molecular flexibility index (Phi) is 5.11. The highest BCUT2D eigenvalue weighted by Gasteiger charge is 2.16. The zero-order valence-corrected chi connectivity index (χ0v) is 12.4. The average Bonchev–Trinajstić information content (AvgIpc) is 2.61. The summed E-state index contributed by atoms with van der Waals surface area (Å²) in [7, 11) is 0. The van der Waals surface area contributed by atoms with Gasteiger partial charge in [0.25, 0.3) is 0 Å². The zero-order valence-electron chi connectivity index (χ0n) is 12.4. The lowest BCUT2D eigenvalue weighted by Crippen LogP contribution is -2.23. The molecular formula is C14H25N3O2. The molecule has 3 N–H and O–H groups in total. The molecule has 0 saturated carbocycles. The molecule has 1 unspecified atom stereocenters. The van der Waals surface area contributed by atoms with E-state index in [0.29, 0.717) is 5.82 Å². The smallest absolute Gasteiger partial charge is 0.228 e. The van der Waals surface area contributed by atoms with E-state index in [0.717, 1.165) is 12.1 Å². The maximum Gasteiger partial charge on any atom is 0.228 e. The van der Waals surface area contributed by atoms with Crippen LogP contribution in [0, 0.1) is 11.3 Å². The molecule has 0 aliphatic rings. The molecule has 0 radical (unpaired) electrons. The van der Waals surface area contributed by atoms with Crippen LogP contribution in [-0.4, -0.2) is 27.3 Å². The van der Waals surface area contributed by atoms with Crippen LogP contribution in [0.2, 0.25) is 0 Å². The highest BCUT2D eigenvalue weighted by atomic mass is 16.3. The Labute approximate surface area is 114 Å². The fourth-order valence-electron chi connectivity index (χ4n) is 1.71. The molecule has 0 aliphatic heterocycles. The Morgan fingerprint density at radius 3 is 2.63 bits per heavy atom. The molecule has 108 valence electrons. The van der Waals surface area contributed by atoms with Gasteiger partial charge in [-0.25, -0.2) is 0 Å². The second kappa shape index (κ2) is 6.19. The number of aliphatic hydroxyl groups excluding tert-OH is 1. The molecule has 1 heterocycles. The molecule has 1 aromatic rings. The van der Waals surface area contributed by atoms with Crippen LogP contribution in [0.5, 0.6) is 0 Å².